The number of hydrazine groups is 1. The van der Waals surface area contributed by atoms with Crippen LogP contribution in [0.3, 0.4) is 0 Å². The van der Waals surface area contributed by atoms with Crippen molar-refractivity contribution in [2.75, 3.05) is 11.9 Å². The third-order valence-corrected chi connectivity index (χ3v) is 5.28. The first kappa shape index (κ1) is 26.0. The molecule has 0 aliphatic rings. The van der Waals surface area contributed by atoms with E-state index in [2.05, 4.69) is 22.7 Å². The number of pyridine rings is 1. The van der Waals surface area contributed by atoms with Gasteiger partial charge < -0.3 is 4.74 Å². The second-order valence-electron chi connectivity index (χ2n) is 7.87. The molecule has 0 aliphatic heterocycles. The molecule has 1 aromatic heterocycles. The second-order valence-corrected chi connectivity index (χ2v) is 7.87. The van der Waals surface area contributed by atoms with Gasteiger partial charge in [0.25, 0.3) is 0 Å². The molecule has 1 heterocycles. The zero-order valence-corrected chi connectivity index (χ0v) is 19.2. The van der Waals surface area contributed by atoms with Gasteiger partial charge in [-0.15, -0.1) is 0 Å². The van der Waals surface area contributed by atoms with Gasteiger partial charge in [-0.3, -0.25) is 15.1 Å². The number of nitrogens with one attached hydrogen (secondary N) is 2. The van der Waals surface area contributed by atoms with Gasteiger partial charge in [-0.2, -0.15) is 0 Å². The molecule has 185 valence electrons. The van der Waals surface area contributed by atoms with Crippen molar-refractivity contribution in [2.24, 2.45) is 0 Å². The second kappa shape index (κ2) is 12.2. The number of hydrogen-bond acceptors (Lipinski definition) is 5. The van der Waals surface area contributed by atoms with E-state index in [-0.39, 0.29) is 24.5 Å². The smallest absolute Gasteiger partial charge is 0.412 e. The predicted octanol–water partition coefficient (Wildman–Crippen LogP) is 5.13. The lowest BCUT2D eigenvalue weighted by Crippen LogP contribution is -2.50. The summed E-state index contributed by atoms with van der Waals surface area (Å²) in [5.74, 6) is -2.63. The molecule has 3 aromatic rings. The molecule has 2 N–H and O–H groups in total. The SMILES string of the molecule is [CH2]CCC[C@@H](COC(=O)Nc1cc2cc(F)ccc2cn1)N(NCc1cccc(F)c1F)C(C)=O. The number of unbranched alkanes of at least 4 members (excludes halogenated alkanes) is 1. The predicted molar refractivity (Wildman–Crippen MR) is 125 cm³/mol. The Morgan fingerprint density at radius 1 is 1.14 bits per heavy atom. The summed E-state index contributed by atoms with van der Waals surface area (Å²) in [7, 11) is 0. The number of aromatic nitrogens is 1. The fourth-order valence-corrected chi connectivity index (χ4v) is 3.51. The Balaban J connectivity index is 1.65. The molecule has 1 atom stereocenters. The molecule has 0 spiro atoms. The topological polar surface area (TPSA) is 83.6 Å². The summed E-state index contributed by atoms with van der Waals surface area (Å²) < 4.78 is 46.3. The average Bonchev–Trinajstić information content (AvgIpc) is 2.82. The zero-order valence-electron chi connectivity index (χ0n) is 19.2. The van der Waals surface area contributed by atoms with Gasteiger partial charge in [0.05, 0.1) is 6.04 Å². The summed E-state index contributed by atoms with van der Waals surface area (Å²) in [5, 5.41) is 4.98. The van der Waals surface area contributed by atoms with Crippen LogP contribution in [0.2, 0.25) is 0 Å². The van der Waals surface area contributed by atoms with Crippen molar-refractivity contribution in [3.05, 3.63) is 78.6 Å². The number of fused-ring (bicyclic) bond motifs is 1. The van der Waals surface area contributed by atoms with E-state index in [4.69, 9.17) is 4.74 Å². The molecule has 3 rings (SSSR count). The number of carbonyl (C=O) groups is 2. The molecular formula is C25H26F3N4O3. The maximum absolute atomic E-state index is 14.0. The molecule has 0 aliphatic carbocycles. The van der Waals surface area contributed by atoms with Gasteiger partial charge in [-0.05, 0) is 42.1 Å². The van der Waals surface area contributed by atoms with Crippen LogP contribution in [0.1, 0.15) is 31.7 Å². The summed E-state index contributed by atoms with van der Waals surface area (Å²) in [4.78, 5) is 28.8. The summed E-state index contributed by atoms with van der Waals surface area (Å²) in [6, 6.07) is 8.91. The fourth-order valence-electron chi connectivity index (χ4n) is 3.51. The minimum absolute atomic E-state index is 0.0460. The van der Waals surface area contributed by atoms with Crippen LogP contribution in [0.5, 0.6) is 0 Å². The molecule has 0 unspecified atom stereocenters. The van der Waals surface area contributed by atoms with Crippen LogP contribution in [0.25, 0.3) is 10.8 Å². The standard InChI is InChI=1S/C25H26F3N4O3/c1-3-4-7-21(32(16(2)33)30-14-18-6-5-8-22(27)24(18)28)15-35-25(34)31-23-12-19-11-20(26)10-9-17(19)13-29-23/h5-6,8-13,21,30H,1,3-4,7,14-15H2,2H3,(H,29,31,34)/t21-/m0/s1. The maximum atomic E-state index is 14.0. The quantitative estimate of drug-likeness (QED) is 0.388. The summed E-state index contributed by atoms with van der Waals surface area (Å²) in [5.41, 5.74) is 2.85. The fraction of sp³-hybridized carbons (Fsp3) is 0.280. The number of halogens is 3. The highest BCUT2D eigenvalue weighted by molar-refractivity contribution is 5.89. The van der Waals surface area contributed by atoms with E-state index in [9.17, 15) is 22.8 Å². The molecule has 7 nitrogen and oxygen atoms in total. The Hall–Kier alpha value is -3.66. The number of nitrogens with zero attached hydrogens (tertiary/aromatic N) is 2. The first-order valence-electron chi connectivity index (χ1n) is 11.0. The van der Waals surface area contributed by atoms with Crippen molar-refractivity contribution in [3.8, 4) is 0 Å². The lowest BCUT2D eigenvalue weighted by Gasteiger charge is -2.31. The number of hydrogen-bond donors (Lipinski definition) is 2. The lowest BCUT2D eigenvalue weighted by molar-refractivity contribution is -0.136. The van der Waals surface area contributed by atoms with Crippen molar-refractivity contribution >= 4 is 28.6 Å². The van der Waals surface area contributed by atoms with Gasteiger partial charge in [-0.25, -0.2) is 28.4 Å². The number of rotatable bonds is 10. The van der Waals surface area contributed by atoms with Crippen LogP contribution >= 0.6 is 0 Å². The van der Waals surface area contributed by atoms with Crippen LogP contribution < -0.4 is 10.7 Å². The Morgan fingerprint density at radius 2 is 1.94 bits per heavy atom. The van der Waals surface area contributed by atoms with Crippen LogP contribution in [0.15, 0.2) is 48.7 Å². The molecule has 0 saturated carbocycles. The minimum Gasteiger partial charge on any atom is -0.447 e. The molecule has 10 heteroatoms. The zero-order chi connectivity index (χ0) is 25.4. The van der Waals surface area contributed by atoms with Gasteiger partial charge in [0, 0.05) is 30.6 Å². The van der Waals surface area contributed by atoms with E-state index in [0.29, 0.717) is 30.0 Å². The van der Waals surface area contributed by atoms with Gasteiger partial charge in [0.2, 0.25) is 5.91 Å². The van der Waals surface area contributed by atoms with Crippen molar-refractivity contribution < 1.29 is 27.5 Å². The van der Waals surface area contributed by atoms with E-state index in [1.54, 1.807) is 6.07 Å². The van der Waals surface area contributed by atoms with Gasteiger partial charge in [0.15, 0.2) is 11.6 Å². The first-order chi connectivity index (χ1) is 16.8. The molecular weight excluding hydrogens is 461 g/mol. The highest BCUT2D eigenvalue weighted by Gasteiger charge is 2.23. The largest absolute Gasteiger partial charge is 0.447 e. The third-order valence-electron chi connectivity index (χ3n) is 5.28. The average molecular weight is 488 g/mol. The van der Waals surface area contributed by atoms with Gasteiger partial charge >= 0.3 is 6.09 Å². The summed E-state index contributed by atoms with van der Waals surface area (Å²) in [6.07, 6.45) is 2.35. The number of carbonyl (C=O) groups excluding carboxylic acids is 2. The minimum atomic E-state index is -1.00. The van der Waals surface area contributed by atoms with Crippen LogP contribution in [0.4, 0.5) is 23.8 Å². The molecule has 0 fully saturated rings. The monoisotopic (exact) mass is 487 g/mol. The highest BCUT2D eigenvalue weighted by Crippen LogP contribution is 2.18. The molecule has 2 amide bonds. The maximum Gasteiger partial charge on any atom is 0.412 e. The van der Waals surface area contributed by atoms with E-state index in [1.165, 1.54) is 48.5 Å². The van der Waals surface area contributed by atoms with E-state index >= 15 is 0 Å². The van der Waals surface area contributed by atoms with Crippen LogP contribution in [0, 0.1) is 24.4 Å². The van der Waals surface area contributed by atoms with E-state index in [0.717, 1.165) is 6.07 Å². The van der Waals surface area contributed by atoms with E-state index < -0.39 is 35.5 Å². The van der Waals surface area contributed by atoms with Crippen LogP contribution in [-0.2, 0) is 16.1 Å². The molecule has 0 saturated heterocycles. The molecule has 35 heavy (non-hydrogen) atoms. The highest BCUT2D eigenvalue weighted by atomic mass is 19.2. The third kappa shape index (κ3) is 7.16. The normalized spacial score (nSPS) is 11.8. The summed E-state index contributed by atoms with van der Waals surface area (Å²) in [6.45, 7) is 4.78. The van der Waals surface area contributed by atoms with Gasteiger partial charge in [-0.1, -0.05) is 31.9 Å². The molecule has 0 bridgehead atoms. The van der Waals surface area contributed by atoms with Gasteiger partial charge in [0.1, 0.15) is 18.2 Å². The van der Waals surface area contributed by atoms with E-state index in [1.807, 2.05) is 0 Å². The van der Waals surface area contributed by atoms with Crippen molar-refractivity contribution in [1.82, 2.24) is 15.4 Å². The number of benzene rings is 2. The van der Waals surface area contributed by atoms with Crippen LogP contribution in [-0.4, -0.2) is 34.6 Å². The Labute approximate surface area is 201 Å². The van der Waals surface area contributed by atoms with Crippen molar-refractivity contribution in [1.29, 1.82) is 0 Å². The Kier molecular flexibility index (Phi) is 9.02. The summed E-state index contributed by atoms with van der Waals surface area (Å²) >= 11 is 0. The molecule has 2 aromatic carbocycles. The Morgan fingerprint density at radius 3 is 2.69 bits per heavy atom. The number of amides is 2. The molecule has 1 radical (unpaired) electrons. The number of ether oxygens (including phenoxy) is 1. The first-order valence-corrected chi connectivity index (χ1v) is 11.0. The lowest BCUT2D eigenvalue weighted by atomic mass is 10.1. The number of anilines is 1. The van der Waals surface area contributed by atoms with Crippen molar-refractivity contribution in [2.45, 2.75) is 38.8 Å². The Bertz CT molecular complexity index is 1190. The van der Waals surface area contributed by atoms with Crippen molar-refractivity contribution in [3.63, 3.8) is 0 Å².